The predicted molar refractivity (Wildman–Crippen MR) is 166 cm³/mol. The van der Waals surface area contributed by atoms with E-state index in [1.54, 1.807) is 24.6 Å². The minimum Gasteiger partial charge on any atom is -0.481 e. The van der Waals surface area contributed by atoms with Crippen LogP contribution in [0.25, 0.3) is 22.2 Å². The molecule has 2 saturated heterocycles. The number of carbonyl (C=O) groups is 2. The highest BCUT2D eigenvalue weighted by Gasteiger charge is 2.44. The smallest absolute Gasteiger partial charge is 0.236 e. The summed E-state index contributed by atoms with van der Waals surface area (Å²) in [5.41, 5.74) is 4.15. The van der Waals surface area contributed by atoms with Gasteiger partial charge >= 0.3 is 0 Å². The molecule has 2 aliphatic rings. The van der Waals surface area contributed by atoms with Crippen LogP contribution in [0.4, 0.5) is 5.69 Å². The van der Waals surface area contributed by atoms with Gasteiger partial charge in [-0.2, -0.15) is 16.4 Å². The van der Waals surface area contributed by atoms with Crippen LogP contribution >= 0.6 is 11.3 Å². The van der Waals surface area contributed by atoms with Crippen LogP contribution in [0.5, 0.6) is 5.88 Å². The molecule has 2 fully saturated rings. The molecule has 5 heterocycles. The summed E-state index contributed by atoms with van der Waals surface area (Å²) < 4.78 is 5.28. The lowest BCUT2D eigenvalue weighted by Gasteiger charge is -2.33. The molecule has 220 valence electrons. The number of amides is 2. The first-order valence-corrected chi connectivity index (χ1v) is 15.7. The van der Waals surface area contributed by atoms with Crippen LogP contribution in [0.3, 0.4) is 0 Å². The van der Waals surface area contributed by atoms with E-state index in [-0.39, 0.29) is 11.8 Å². The fourth-order valence-electron chi connectivity index (χ4n) is 6.58. The molecular formula is C32H38N6O3S. The normalized spacial score (nSPS) is 19.8. The third-order valence-electron chi connectivity index (χ3n) is 8.90. The van der Waals surface area contributed by atoms with Gasteiger partial charge in [-0.15, -0.1) is 0 Å². The third-order valence-corrected chi connectivity index (χ3v) is 9.60. The maximum Gasteiger partial charge on any atom is 0.236 e. The van der Waals surface area contributed by atoms with Crippen molar-refractivity contribution in [2.24, 2.45) is 5.41 Å². The number of methoxy groups -OCH3 is 1. The predicted octanol–water partition coefficient (Wildman–Crippen LogP) is 5.53. The van der Waals surface area contributed by atoms with Gasteiger partial charge in [0, 0.05) is 48.5 Å². The summed E-state index contributed by atoms with van der Waals surface area (Å²) in [6.07, 6.45) is 6.16. The fourth-order valence-corrected chi connectivity index (χ4v) is 7.32. The van der Waals surface area contributed by atoms with E-state index >= 15 is 0 Å². The van der Waals surface area contributed by atoms with E-state index in [9.17, 15) is 9.59 Å². The van der Waals surface area contributed by atoms with Gasteiger partial charge in [0.15, 0.2) is 0 Å². The van der Waals surface area contributed by atoms with Crippen molar-refractivity contribution in [3.05, 3.63) is 58.9 Å². The number of pyridine rings is 1. The second kappa shape index (κ2) is 12.2. The number of likely N-dealkylation sites (tertiary alicyclic amines) is 2. The number of hydrogen-bond donors (Lipinski definition) is 2. The maximum absolute atomic E-state index is 13.8. The van der Waals surface area contributed by atoms with Crippen LogP contribution in [-0.4, -0.2) is 76.6 Å². The van der Waals surface area contributed by atoms with Gasteiger partial charge in [0.1, 0.15) is 5.69 Å². The Morgan fingerprint density at radius 1 is 1.17 bits per heavy atom. The number of anilines is 1. The molecule has 0 spiro atoms. The van der Waals surface area contributed by atoms with Crippen LogP contribution < -0.4 is 10.1 Å². The summed E-state index contributed by atoms with van der Waals surface area (Å²) in [4.78, 5) is 35.5. The van der Waals surface area contributed by atoms with E-state index in [1.165, 1.54) is 5.56 Å². The van der Waals surface area contributed by atoms with Crippen LogP contribution in [0.2, 0.25) is 0 Å². The largest absolute Gasteiger partial charge is 0.481 e. The quantitative estimate of drug-likeness (QED) is 0.267. The lowest BCUT2D eigenvalue weighted by molar-refractivity contribution is -0.134. The SMILES string of the molecule is CCCC1(C(=O)Nc2ccc3[nH]nc(-c4ccnc(OC)c4)c3c2)CCN(CC(=O)N2CCC(c3ccsc3)CC2)C1. The Morgan fingerprint density at radius 3 is 2.79 bits per heavy atom. The van der Waals surface area contributed by atoms with Gasteiger partial charge in [-0.25, -0.2) is 4.98 Å². The summed E-state index contributed by atoms with van der Waals surface area (Å²) in [6, 6.07) is 11.8. The number of H-pyrrole nitrogens is 1. The molecule has 6 rings (SSSR count). The Hall–Kier alpha value is -3.76. The number of thiophene rings is 1. The minimum absolute atomic E-state index is 0.0193. The van der Waals surface area contributed by atoms with Crippen molar-refractivity contribution in [2.75, 3.05) is 45.2 Å². The van der Waals surface area contributed by atoms with E-state index in [1.807, 2.05) is 35.2 Å². The molecule has 1 unspecified atom stereocenters. The molecule has 2 aliphatic heterocycles. The average molecular weight is 587 g/mol. The standard InChI is InChI=1S/C32H38N6O3S/c1-3-10-32(11-15-37(21-32)19-29(39)38-13-7-22(8-14-38)24-9-16-42-20-24)31(40)34-25-4-5-27-26(18-25)30(36-35-27)23-6-12-33-28(17-23)41-2/h4-6,9,12,16-18,20,22H,3,7-8,10-11,13-15,19,21H2,1-2H3,(H,34,40)(H,35,36). The summed E-state index contributed by atoms with van der Waals surface area (Å²) in [7, 11) is 1.59. The van der Waals surface area contributed by atoms with Crippen LogP contribution in [0.15, 0.2) is 53.4 Å². The van der Waals surface area contributed by atoms with E-state index in [2.05, 4.69) is 49.1 Å². The zero-order valence-corrected chi connectivity index (χ0v) is 25.1. The summed E-state index contributed by atoms with van der Waals surface area (Å²) in [6.45, 7) is 5.45. The van der Waals surface area contributed by atoms with Crippen molar-refractivity contribution >= 4 is 39.7 Å². The number of aromatic nitrogens is 3. The summed E-state index contributed by atoms with van der Waals surface area (Å²) in [5, 5.41) is 16.1. The lowest BCUT2D eigenvalue weighted by atomic mass is 9.81. The topological polar surface area (TPSA) is 103 Å². The Bertz CT molecular complexity index is 1540. The molecule has 1 aromatic carbocycles. The number of benzene rings is 1. The molecule has 10 heteroatoms. The lowest BCUT2D eigenvalue weighted by Crippen LogP contribution is -2.45. The number of hydrogen-bond acceptors (Lipinski definition) is 7. The second-order valence-corrected chi connectivity index (χ2v) is 12.4. The highest BCUT2D eigenvalue weighted by molar-refractivity contribution is 7.08. The van der Waals surface area contributed by atoms with Crippen molar-refractivity contribution in [1.29, 1.82) is 0 Å². The molecule has 2 amide bonds. The third kappa shape index (κ3) is 5.78. The number of ether oxygens (including phenoxy) is 1. The molecule has 9 nitrogen and oxygen atoms in total. The Morgan fingerprint density at radius 2 is 2.02 bits per heavy atom. The van der Waals surface area contributed by atoms with E-state index in [4.69, 9.17) is 4.74 Å². The fraction of sp³-hybridized carbons (Fsp3) is 0.438. The second-order valence-electron chi connectivity index (χ2n) is 11.6. The van der Waals surface area contributed by atoms with E-state index in [0.717, 1.165) is 79.6 Å². The van der Waals surface area contributed by atoms with Crippen molar-refractivity contribution in [3.8, 4) is 17.1 Å². The highest BCUT2D eigenvalue weighted by Crippen LogP contribution is 2.38. The van der Waals surface area contributed by atoms with Crippen molar-refractivity contribution in [1.82, 2.24) is 25.0 Å². The van der Waals surface area contributed by atoms with Gasteiger partial charge < -0.3 is 15.0 Å². The number of piperidine rings is 1. The van der Waals surface area contributed by atoms with Crippen LogP contribution in [0.1, 0.15) is 50.5 Å². The van der Waals surface area contributed by atoms with Crippen molar-refractivity contribution in [2.45, 2.75) is 44.9 Å². The summed E-state index contributed by atoms with van der Waals surface area (Å²) in [5.74, 6) is 1.27. The van der Waals surface area contributed by atoms with Gasteiger partial charge in [0.2, 0.25) is 17.7 Å². The van der Waals surface area contributed by atoms with Gasteiger partial charge in [0.05, 0.1) is 24.6 Å². The summed E-state index contributed by atoms with van der Waals surface area (Å²) >= 11 is 1.74. The number of carbonyl (C=O) groups excluding carboxylic acids is 2. The first-order valence-electron chi connectivity index (χ1n) is 14.8. The average Bonchev–Trinajstić information content (AvgIpc) is 3.78. The molecule has 1 atom stereocenters. The molecular weight excluding hydrogens is 548 g/mol. The zero-order valence-electron chi connectivity index (χ0n) is 24.3. The Kier molecular flexibility index (Phi) is 8.26. The van der Waals surface area contributed by atoms with Gasteiger partial charge in [-0.1, -0.05) is 13.3 Å². The molecule has 42 heavy (non-hydrogen) atoms. The first kappa shape index (κ1) is 28.4. The molecule has 4 aromatic rings. The Balaban J connectivity index is 1.11. The van der Waals surface area contributed by atoms with E-state index < -0.39 is 5.41 Å². The molecule has 2 N–H and O–H groups in total. The highest BCUT2D eigenvalue weighted by atomic mass is 32.1. The zero-order chi connectivity index (χ0) is 29.1. The van der Waals surface area contributed by atoms with Crippen LogP contribution in [0, 0.1) is 5.41 Å². The number of rotatable bonds is 9. The van der Waals surface area contributed by atoms with Crippen molar-refractivity contribution < 1.29 is 14.3 Å². The molecule has 0 radical (unpaired) electrons. The van der Waals surface area contributed by atoms with Gasteiger partial charge in [-0.05, 0) is 84.8 Å². The monoisotopic (exact) mass is 586 g/mol. The number of fused-ring (bicyclic) bond motifs is 1. The maximum atomic E-state index is 13.8. The molecule has 0 aliphatic carbocycles. The molecule has 3 aromatic heterocycles. The van der Waals surface area contributed by atoms with Gasteiger partial charge in [-0.3, -0.25) is 19.6 Å². The van der Waals surface area contributed by atoms with Gasteiger partial charge in [0.25, 0.3) is 0 Å². The number of nitrogens with one attached hydrogen (secondary N) is 2. The van der Waals surface area contributed by atoms with Crippen molar-refractivity contribution in [3.63, 3.8) is 0 Å². The van der Waals surface area contributed by atoms with E-state index in [0.29, 0.717) is 24.9 Å². The number of nitrogens with zero attached hydrogens (tertiary/aromatic N) is 4. The number of aromatic amines is 1. The molecule has 0 bridgehead atoms. The van der Waals surface area contributed by atoms with Crippen LogP contribution in [-0.2, 0) is 9.59 Å². The first-order chi connectivity index (χ1) is 20.5. The Labute approximate surface area is 250 Å². The minimum atomic E-state index is -0.520. The molecule has 0 saturated carbocycles.